The maximum atomic E-state index is 12.2. The lowest BCUT2D eigenvalue weighted by Gasteiger charge is -2.18. The number of rotatable bonds is 9. The molecule has 0 unspecified atom stereocenters. The summed E-state index contributed by atoms with van der Waals surface area (Å²) in [6, 6.07) is 5.44. The Labute approximate surface area is 168 Å². The van der Waals surface area contributed by atoms with Crippen molar-refractivity contribution >= 4 is 29.9 Å². The van der Waals surface area contributed by atoms with Gasteiger partial charge in [0.25, 0.3) is 0 Å². The summed E-state index contributed by atoms with van der Waals surface area (Å²) in [5.41, 5.74) is 6.65. The quantitative estimate of drug-likeness (QED) is 0.241. The van der Waals surface area contributed by atoms with E-state index in [4.69, 9.17) is 15.2 Å². The molecule has 0 atom stereocenters. The number of ether oxygens (including phenoxy) is 2. The van der Waals surface area contributed by atoms with Gasteiger partial charge in [-0.25, -0.2) is 4.99 Å². The van der Waals surface area contributed by atoms with Crippen LogP contribution in [-0.2, 0) is 6.54 Å². The zero-order valence-corrected chi connectivity index (χ0v) is 17.4. The third-order valence-electron chi connectivity index (χ3n) is 3.35. The van der Waals surface area contributed by atoms with E-state index < -0.39 is 12.7 Å². The van der Waals surface area contributed by atoms with E-state index in [1.54, 1.807) is 20.3 Å². The number of benzene rings is 1. The Balaban J connectivity index is 0.00000625. The standard InChI is InChI=1S/C16H25F3N4O2.HI/c1-23(11-16(17,18)19)8-4-7-21-15(20)22-10-12-5-6-13(24-2)14(9-12)25-3;/h5-6,9H,4,7-8,10-11H2,1-3H3,(H3,20,21,22);1H. The van der Waals surface area contributed by atoms with Gasteiger partial charge in [-0.2, -0.15) is 13.2 Å². The fourth-order valence-corrected chi connectivity index (χ4v) is 2.16. The van der Waals surface area contributed by atoms with Crippen LogP contribution in [0.2, 0.25) is 0 Å². The monoisotopic (exact) mass is 490 g/mol. The van der Waals surface area contributed by atoms with Crippen molar-refractivity contribution in [3.63, 3.8) is 0 Å². The van der Waals surface area contributed by atoms with Crippen molar-refractivity contribution in [2.24, 2.45) is 10.7 Å². The van der Waals surface area contributed by atoms with Crippen molar-refractivity contribution in [3.8, 4) is 11.5 Å². The van der Waals surface area contributed by atoms with Crippen LogP contribution in [0.15, 0.2) is 23.2 Å². The molecule has 0 saturated carbocycles. The van der Waals surface area contributed by atoms with Crippen LogP contribution in [-0.4, -0.2) is 57.9 Å². The molecule has 0 aliphatic carbocycles. The molecule has 0 fully saturated rings. The van der Waals surface area contributed by atoms with Crippen LogP contribution >= 0.6 is 24.0 Å². The number of nitrogens with zero attached hydrogens (tertiary/aromatic N) is 2. The number of nitrogens with one attached hydrogen (secondary N) is 1. The molecule has 0 amide bonds. The van der Waals surface area contributed by atoms with Gasteiger partial charge in [-0.05, 0) is 37.7 Å². The van der Waals surface area contributed by atoms with Gasteiger partial charge in [0.2, 0.25) is 0 Å². The fraction of sp³-hybridized carbons (Fsp3) is 0.562. The van der Waals surface area contributed by atoms with Gasteiger partial charge in [-0.1, -0.05) is 6.07 Å². The molecule has 0 radical (unpaired) electrons. The van der Waals surface area contributed by atoms with Crippen LogP contribution in [0.5, 0.6) is 11.5 Å². The smallest absolute Gasteiger partial charge is 0.401 e. The van der Waals surface area contributed by atoms with E-state index >= 15 is 0 Å². The molecular formula is C16H26F3IN4O2. The lowest BCUT2D eigenvalue weighted by molar-refractivity contribution is -0.143. The number of halogens is 4. The largest absolute Gasteiger partial charge is 0.493 e. The van der Waals surface area contributed by atoms with Gasteiger partial charge in [-0.15, -0.1) is 24.0 Å². The highest BCUT2D eigenvalue weighted by Crippen LogP contribution is 2.27. The molecule has 0 bridgehead atoms. The highest BCUT2D eigenvalue weighted by atomic mass is 127. The fourth-order valence-electron chi connectivity index (χ4n) is 2.16. The summed E-state index contributed by atoms with van der Waals surface area (Å²) in [6.45, 7) is 0.196. The van der Waals surface area contributed by atoms with Gasteiger partial charge < -0.3 is 20.5 Å². The molecule has 0 aliphatic heterocycles. The molecule has 3 N–H and O–H groups in total. The Kier molecular flexibility index (Phi) is 11.4. The molecule has 150 valence electrons. The Hall–Kier alpha value is -1.43. The normalized spacial score (nSPS) is 11.9. The van der Waals surface area contributed by atoms with Crippen molar-refractivity contribution in [1.82, 2.24) is 10.2 Å². The maximum absolute atomic E-state index is 12.2. The minimum atomic E-state index is -4.18. The number of alkyl halides is 3. The Bertz CT molecular complexity index is 571. The lowest BCUT2D eigenvalue weighted by Crippen LogP contribution is -2.36. The first-order valence-electron chi connectivity index (χ1n) is 7.75. The average Bonchev–Trinajstić information content (AvgIpc) is 2.55. The number of nitrogens with two attached hydrogens (primary N) is 1. The highest BCUT2D eigenvalue weighted by Gasteiger charge is 2.28. The number of hydrogen-bond acceptors (Lipinski definition) is 4. The lowest BCUT2D eigenvalue weighted by atomic mass is 10.2. The van der Waals surface area contributed by atoms with E-state index in [2.05, 4.69) is 10.3 Å². The third kappa shape index (κ3) is 9.90. The predicted octanol–water partition coefficient (Wildman–Crippen LogP) is 2.61. The summed E-state index contributed by atoms with van der Waals surface area (Å²) in [6.07, 6.45) is -3.65. The second kappa shape index (κ2) is 12.0. The molecule has 0 saturated heterocycles. The van der Waals surface area contributed by atoms with Crippen LogP contribution in [0.3, 0.4) is 0 Å². The second-order valence-corrected chi connectivity index (χ2v) is 5.52. The van der Waals surface area contributed by atoms with Gasteiger partial charge in [0.15, 0.2) is 17.5 Å². The van der Waals surface area contributed by atoms with Gasteiger partial charge in [-0.3, -0.25) is 4.90 Å². The Morgan fingerprint density at radius 3 is 2.46 bits per heavy atom. The van der Waals surface area contributed by atoms with Crippen LogP contribution in [0.1, 0.15) is 12.0 Å². The number of guanidine groups is 1. The molecule has 0 heterocycles. The third-order valence-corrected chi connectivity index (χ3v) is 3.35. The second-order valence-electron chi connectivity index (χ2n) is 5.52. The first kappa shape index (κ1) is 24.6. The molecule has 0 aliphatic rings. The summed E-state index contributed by atoms with van der Waals surface area (Å²) in [7, 11) is 4.54. The van der Waals surface area contributed by atoms with Crippen LogP contribution in [0, 0.1) is 0 Å². The zero-order chi connectivity index (χ0) is 18.9. The average molecular weight is 490 g/mol. The van der Waals surface area contributed by atoms with Crippen LogP contribution in [0.4, 0.5) is 13.2 Å². The van der Waals surface area contributed by atoms with Gasteiger partial charge in [0.05, 0.1) is 27.3 Å². The molecule has 0 aromatic heterocycles. The number of hydrogen-bond donors (Lipinski definition) is 2. The van der Waals surface area contributed by atoms with Crippen molar-refractivity contribution < 1.29 is 22.6 Å². The van der Waals surface area contributed by atoms with E-state index in [-0.39, 0.29) is 29.9 Å². The zero-order valence-electron chi connectivity index (χ0n) is 15.1. The SMILES string of the molecule is COc1ccc(CN=C(N)NCCCN(C)CC(F)(F)F)cc1OC.I. The topological polar surface area (TPSA) is 72.1 Å². The molecule has 1 aromatic carbocycles. The van der Waals surface area contributed by atoms with Crippen molar-refractivity contribution in [1.29, 1.82) is 0 Å². The first-order valence-corrected chi connectivity index (χ1v) is 7.75. The van der Waals surface area contributed by atoms with Gasteiger partial charge >= 0.3 is 6.18 Å². The maximum Gasteiger partial charge on any atom is 0.401 e. The Morgan fingerprint density at radius 1 is 1.23 bits per heavy atom. The number of aliphatic imine (C=N–C) groups is 1. The van der Waals surface area contributed by atoms with E-state index in [0.29, 0.717) is 37.6 Å². The molecular weight excluding hydrogens is 464 g/mol. The molecule has 26 heavy (non-hydrogen) atoms. The highest BCUT2D eigenvalue weighted by molar-refractivity contribution is 14.0. The van der Waals surface area contributed by atoms with Crippen molar-refractivity contribution in [3.05, 3.63) is 23.8 Å². The summed E-state index contributed by atoms with van der Waals surface area (Å²) < 4.78 is 47.0. The molecule has 10 heteroatoms. The molecule has 6 nitrogen and oxygen atoms in total. The van der Waals surface area contributed by atoms with Gasteiger partial charge in [0, 0.05) is 6.54 Å². The van der Waals surface area contributed by atoms with E-state index in [1.807, 2.05) is 12.1 Å². The van der Waals surface area contributed by atoms with Crippen molar-refractivity contribution in [2.45, 2.75) is 19.1 Å². The van der Waals surface area contributed by atoms with Crippen molar-refractivity contribution in [2.75, 3.05) is 40.9 Å². The summed E-state index contributed by atoms with van der Waals surface area (Å²) >= 11 is 0. The predicted molar refractivity (Wildman–Crippen MR) is 106 cm³/mol. The molecule has 1 aromatic rings. The van der Waals surface area contributed by atoms with E-state index in [1.165, 1.54) is 11.9 Å². The summed E-state index contributed by atoms with van der Waals surface area (Å²) in [5, 5.41) is 2.89. The minimum absolute atomic E-state index is 0. The molecule has 1 rings (SSSR count). The number of methoxy groups -OCH3 is 2. The Morgan fingerprint density at radius 2 is 1.88 bits per heavy atom. The molecule has 0 spiro atoms. The van der Waals surface area contributed by atoms with E-state index in [0.717, 1.165) is 5.56 Å². The van der Waals surface area contributed by atoms with Gasteiger partial charge in [0.1, 0.15) is 0 Å². The first-order chi connectivity index (χ1) is 11.7. The van der Waals surface area contributed by atoms with Crippen LogP contribution < -0.4 is 20.5 Å². The van der Waals surface area contributed by atoms with E-state index in [9.17, 15) is 13.2 Å². The summed E-state index contributed by atoms with van der Waals surface area (Å²) in [5.74, 6) is 1.48. The summed E-state index contributed by atoms with van der Waals surface area (Å²) in [4.78, 5) is 5.42. The van der Waals surface area contributed by atoms with Crippen LogP contribution in [0.25, 0.3) is 0 Å². The minimum Gasteiger partial charge on any atom is -0.493 e.